The summed E-state index contributed by atoms with van der Waals surface area (Å²) in [4.78, 5) is 0. The van der Waals surface area contributed by atoms with Crippen molar-refractivity contribution in [2.75, 3.05) is 0 Å². The van der Waals surface area contributed by atoms with E-state index in [1.807, 2.05) is 0 Å². The molecule has 0 saturated carbocycles. The molecule has 0 aliphatic carbocycles. The van der Waals surface area contributed by atoms with Crippen molar-refractivity contribution >= 4 is 0 Å². The molecule has 0 heterocycles. The summed E-state index contributed by atoms with van der Waals surface area (Å²) in [5, 5.41) is 0. The van der Waals surface area contributed by atoms with Gasteiger partial charge in [0.15, 0.2) is 0 Å². The van der Waals surface area contributed by atoms with Crippen molar-refractivity contribution in [3.05, 3.63) is 0 Å². The molecule has 0 aliphatic heterocycles. The molecule has 0 aromatic rings. The molecule has 0 rings (SSSR count). The van der Waals surface area contributed by atoms with Crippen LogP contribution in [0, 0.1) is 0 Å². The zero-order valence-corrected chi connectivity index (χ0v) is 20.5. The fourth-order valence-corrected chi connectivity index (χ4v) is 4.36. The van der Waals surface area contributed by atoms with Crippen LogP contribution in [0.2, 0.25) is 0 Å². The summed E-state index contributed by atoms with van der Waals surface area (Å²) in [6.45, 7) is 6.90. The lowest BCUT2D eigenvalue weighted by molar-refractivity contribution is -0.481. The van der Waals surface area contributed by atoms with Gasteiger partial charge in [-0.3, -0.25) is 0 Å². The first kappa shape index (κ1) is 28.0. The monoisotopic (exact) mass is 396 g/mol. The molecule has 0 spiro atoms. The van der Waals surface area contributed by atoms with Gasteiger partial charge in [-0.05, 0) is 19.3 Å². The standard InChI is InChI=1S/C27H57N/c1-4-7-8-9-10-11-12-13-14-15-16-17-18-19-20-21-22-23-24-25-26-27(28,5-2)6-3/h4-26,28H2,1-3H3/p+1. The van der Waals surface area contributed by atoms with Crippen LogP contribution in [-0.2, 0) is 0 Å². The van der Waals surface area contributed by atoms with Crippen LogP contribution >= 0.6 is 0 Å². The Morgan fingerprint density at radius 1 is 0.393 bits per heavy atom. The van der Waals surface area contributed by atoms with E-state index in [1.54, 1.807) is 0 Å². The van der Waals surface area contributed by atoms with E-state index in [9.17, 15) is 0 Å². The molecule has 0 saturated heterocycles. The second-order valence-corrected chi connectivity index (χ2v) is 9.67. The van der Waals surface area contributed by atoms with E-state index in [0.29, 0.717) is 5.54 Å². The predicted molar refractivity (Wildman–Crippen MR) is 129 cm³/mol. The molecule has 1 heteroatoms. The van der Waals surface area contributed by atoms with Crippen molar-refractivity contribution in [1.82, 2.24) is 0 Å². The maximum absolute atomic E-state index is 4.43. The minimum Gasteiger partial charge on any atom is -0.353 e. The zero-order chi connectivity index (χ0) is 20.8. The zero-order valence-electron chi connectivity index (χ0n) is 20.5. The number of hydrogen-bond donors (Lipinski definition) is 1. The molecule has 0 bridgehead atoms. The summed E-state index contributed by atoms with van der Waals surface area (Å²) in [6, 6.07) is 0. The fraction of sp³-hybridized carbons (Fsp3) is 1.00. The Bertz CT molecular complexity index is 282. The fourth-order valence-electron chi connectivity index (χ4n) is 4.36. The van der Waals surface area contributed by atoms with Crippen molar-refractivity contribution < 1.29 is 5.73 Å². The van der Waals surface area contributed by atoms with Gasteiger partial charge in [-0.15, -0.1) is 0 Å². The van der Waals surface area contributed by atoms with Crippen molar-refractivity contribution in [3.8, 4) is 0 Å². The van der Waals surface area contributed by atoms with Crippen LogP contribution in [0.3, 0.4) is 0 Å². The van der Waals surface area contributed by atoms with E-state index >= 15 is 0 Å². The van der Waals surface area contributed by atoms with E-state index in [2.05, 4.69) is 26.5 Å². The van der Waals surface area contributed by atoms with Crippen LogP contribution in [0.1, 0.15) is 168 Å². The highest BCUT2D eigenvalue weighted by Crippen LogP contribution is 2.19. The van der Waals surface area contributed by atoms with Crippen LogP contribution in [-0.4, -0.2) is 5.54 Å². The van der Waals surface area contributed by atoms with Crippen LogP contribution in [0.15, 0.2) is 0 Å². The molecule has 0 aromatic carbocycles. The van der Waals surface area contributed by atoms with Crippen molar-refractivity contribution in [1.29, 1.82) is 0 Å². The van der Waals surface area contributed by atoms with Gasteiger partial charge in [-0.2, -0.15) is 0 Å². The summed E-state index contributed by atoms with van der Waals surface area (Å²) in [7, 11) is 0. The number of rotatable bonds is 23. The van der Waals surface area contributed by atoms with E-state index in [0.717, 1.165) is 0 Å². The molecule has 0 amide bonds. The summed E-state index contributed by atoms with van der Waals surface area (Å²) in [6.07, 6.45) is 33.1. The maximum atomic E-state index is 4.43. The Morgan fingerprint density at radius 3 is 0.893 bits per heavy atom. The second-order valence-electron chi connectivity index (χ2n) is 9.67. The second kappa shape index (κ2) is 21.7. The normalized spacial score (nSPS) is 12.0. The number of quaternary nitrogens is 1. The molecule has 0 radical (unpaired) electrons. The average molecular weight is 397 g/mol. The minimum atomic E-state index is 0.369. The van der Waals surface area contributed by atoms with Gasteiger partial charge >= 0.3 is 0 Å². The third-order valence-corrected chi connectivity index (χ3v) is 7.06. The van der Waals surface area contributed by atoms with Crippen LogP contribution in [0.25, 0.3) is 0 Å². The predicted octanol–water partition coefficient (Wildman–Crippen LogP) is 9.00. The molecule has 0 aliphatic rings. The Morgan fingerprint density at radius 2 is 0.643 bits per heavy atom. The Hall–Kier alpha value is -0.0400. The smallest absolute Gasteiger partial charge is 0.0940 e. The lowest BCUT2D eigenvalue weighted by Gasteiger charge is -2.22. The third kappa shape index (κ3) is 19.3. The number of unbranched alkanes of at least 4 members (excludes halogenated alkanes) is 19. The molecule has 0 atom stereocenters. The van der Waals surface area contributed by atoms with E-state index in [1.165, 1.54) is 148 Å². The molecule has 0 aromatic heterocycles. The van der Waals surface area contributed by atoms with Gasteiger partial charge in [0.05, 0.1) is 5.54 Å². The summed E-state index contributed by atoms with van der Waals surface area (Å²) < 4.78 is 0. The molecular weight excluding hydrogens is 338 g/mol. The van der Waals surface area contributed by atoms with Gasteiger partial charge in [-0.25, -0.2) is 0 Å². The van der Waals surface area contributed by atoms with Gasteiger partial charge in [-0.1, -0.05) is 143 Å². The largest absolute Gasteiger partial charge is 0.353 e. The van der Waals surface area contributed by atoms with E-state index in [-0.39, 0.29) is 0 Å². The SMILES string of the molecule is CCCCCCCCCCCCCCCCCCCCCCC([NH3+])(CC)CC. The summed E-state index contributed by atoms with van der Waals surface area (Å²) in [5.41, 5.74) is 4.80. The van der Waals surface area contributed by atoms with E-state index < -0.39 is 0 Å². The van der Waals surface area contributed by atoms with Gasteiger partial charge < -0.3 is 5.73 Å². The van der Waals surface area contributed by atoms with Crippen LogP contribution in [0.4, 0.5) is 0 Å². The highest BCUT2D eigenvalue weighted by atomic mass is 14.7. The molecule has 170 valence electrons. The minimum absolute atomic E-state index is 0.369. The van der Waals surface area contributed by atoms with Crippen LogP contribution < -0.4 is 5.73 Å². The first-order valence-corrected chi connectivity index (χ1v) is 13.5. The molecule has 3 N–H and O–H groups in total. The Balaban J connectivity index is 3.11. The van der Waals surface area contributed by atoms with Crippen molar-refractivity contribution in [2.45, 2.75) is 174 Å². The van der Waals surface area contributed by atoms with Gasteiger partial charge in [0.1, 0.15) is 0 Å². The topological polar surface area (TPSA) is 27.6 Å². The average Bonchev–Trinajstić information content (AvgIpc) is 2.72. The third-order valence-electron chi connectivity index (χ3n) is 7.06. The van der Waals surface area contributed by atoms with Gasteiger partial charge in [0.2, 0.25) is 0 Å². The lowest BCUT2D eigenvalue weighted by Crippen LogP contribution is -2.71. The van der Waals surface area contributed by atoms with Gasteiger partial charge in [0.25, 0.3) is 0 Å². The quantitative estimate of drug-likeness (QED) is 0.167. The van der Waals surface area contributed by atoms with Gasteiger partial charge in [0, 0.05) is 6.42 Å². The molecule has 0 fully saturated rings. The molecule has 1 nitrogen and oxygen atoms in total. The Labute approximate surface area is 180 Å². The first-order valence-electron chi connectivity index (χ1n) is 13.5. The highest BCUT2D eigenvalue weighted by Gasteiger charge is 2.23. The lowest BCUT2D eigenvalue weighted by atomic mass is 9.88. The van der Waals surface area contributed by atoms with Crippen molar-refractivity contribution in [2.24, 2.45) is 0 Å². The molecule has 0 unspecified atom stereocenters. The Kier molecular flexibility index (Phi) is 21.6. The summed E-state index contributed by atoms with van der Waals surface area (Å²) >= 11 is 0. The molecule has 28 heavy (non-hydrogen) atoms. The highest BCUT2D eigenvalue weighted by molar-refractivity contribution is 4.72. The van der Waals surface area contributed by atoms with E-state index in [4.69, 9.17) is 0 Å². The van der Waals surface area contributed by atoms with Crippen molar-refractivity contribution in [3.63, 3.8) is 0 Å². The number of hydrogen-bond acceptors (Lipinski definition) is 0. The maximum Gasteiger partial charge on any atom is 0.0940 e. The molecular formula is C27H58N+. The summed E-state index contributed by atoms with van der Waals surface area (Å²) in [5.74, 6) is 0. The van der Waals surface area contributed by atoms with Crippen LogP contribution in [0.5, 0.6) is 0 Å². The first-order chi connectivity index (χ1) is 13.7.